The lowest BCUT2D eigenvalue weighted by atomic mass is 10.3. The van der Waals surface area contributed by atoms with Crippen LogP contribution in [0.15, 0.2) is 50.6 Å². The molecule has 5 nitrogen and oxygen atoms in total. The highest BCUT2D eigenvalue weighted by Crippen LogP contribution is 2.19. The van der Waals surface area contributed by atoms with Crippen molar-refractivity contribution in [2.24, 2.45) is 4.99 Å². The Kier molecular flexibility index (Phi) is 4.23. The standard InChI is InChI=1S/C16H11ClIN3O2S/c17-10-1-3-11(4-2-10)20-8-19-16-21(9-20)15(22)13(24-16)7-12-5-6-14(18)23-12/h1-7H,8-9H2/b13-7-. The van der Waals surface area contributed by atoms with E-state index in [9.17, 15) is 4.79 Å². The first-order valence-electron chi connectivity index (χ1n) is 7.12. The van der Waals surface area contributed by atoms with Crippen LogP contribution in [0.3, 0.4) is 0 Å². The Balaban J connectivity index is 1.71. The van der Waals surface area contributed by atoms with E-state index in [0.717, 1.165) is 14.3 Å². The molecule has 0 atom stereocenters. The maximum atomic E-state index is 12.6. The number of furan rings is 1. The third-order valence-electron chi connectivity index (χ3n) is 3.64. The summed E-state index contributed by atoms with van der Waals surface area (Å²) in [5, 5.41) is 0.686. The fraction of sp³-hybridized carbons (Fsp3) is 0.125. The minimum absolute atomic E-state index is 0.0520. The average molecular weight is 472 g/mol. The molecule has 2 aromatic heterocycles. The first-order chi connectivity index (χ1) is 11.6. The SMILES string of the molecule is O=c1/c(=C/c2ccc(I)o2)sc2n1CN(c1ccc(Cl)cc1)CN=2. The highest BCUT2D eigenvalue weighted by atomic mass is 127. The molecule has 3 aromatic rings. The first kappa shape index (κ1) is 15.9. The lowest BCUT2D eigenvalue weighted by Gasteiger charge is -2.25. The third kappa shape index (κ3) is 3.03. The van der Waals surface area contributed by atoms with Gasteiger partial charge in [-0.05, 0) is 59.0 Å². The van der Waals surface area contributed by atoms with Crippen molar-refractivity contribution in [1.29, 1.82) is 0 Å². The Bertz CT molecular complexity index is 1070. The van der Waals surface area contributed by atoms with Crippen molar-refractivity contribution in [3.63, 3.8) is 0 Å². The van der Waals surface area contributed by atoms with Gasteiger partial charge in [0.1, 0.15) is 19.1 Å². The van der Waals surface area contributed by atoms with E-state index in [4.69, 9.17) is 16.0 Å². The molecule has 0 aliphatic carbocycles. The molecule has 1 aliphatic heterocycles. The summed E-state index contributed by atoms with van der Waals surface area (Å²) in [6.45, 7) is 0.985. The molecule has 8 heteroatoms. The van der Waals surface area contributed by atoms with Gasteiger partial charge >= 0.3 is 0 Å². The van der Waals surface area contributed by atoms with Crippen LogP contribution in [-0.2, 0) is 6.67 Å². The zero-order chi connectivity index (χ0) is 16.7. The van der Waals surface area contributed by atoms with Gasteiger partial charge in [0.25, 0.3) is 5.56 Å². The van der Waals surface area contributed by atoms with Gasteiger partial charge in [-0.2, -0.15) is 0 Å². The lowest BCUT2D eigenvalue weighted by Crippen LogP contribution is -2.42. The van der Waals surface area contributed by atoms with Crippen molar-refractivity contribution in [2.75, 3.05) is 11.6 Å². The topological polar surface area (TPSA) is 50.7 Å². The van der Waals surface area contributed by atoms with E-state index in [1.165, 1.54) is 11.3 Å². The van der Waals surface area contributed by atoms with E-state index >= 15 is 0 Å². The minimum atomic E-state index is -0.0520. The van der Waals surface area contributed by atoms with Crippen molar-refractivity contribution in [2.45, 2.75) is 6.67 Å². The van der Waals surface area contributed by atoms with Gasteiger partial charge in [-0.1, -0.05) is 22.9 Å². The second kappa shape index (κ2) is 6.38. The van der Waals surface area contributed by atoms with Gasteiger partial charge in [0, 0.05) is 16.8 Å². The summed E-state index contributed by atoms with van der Waals surface area (Å²) in [4.78, 5) is 19.9. The summed E-state index contributed by atoms with van der Waals surface area (Å²) < 4.78 is 8.61. The van der Waals surface area contributed by atoms with Crippen molar-refractivity contribution < 1.29 is 4.42 Å². The molecule has 3 heterocycles. The molecule has 1 aromatic carbocycles. The Morgan fingerprint density at radius 1 is 1.25 bits per heavy atom. The number of aromatic nitrogens is 1. The van der Waals surface area contributed by atoms with Crippen LogP contribution < -0.4 is 19.8 Å². The number of thiazole rings is 1. The van der Waals surface area contributed by atoms with E-state index < -0.39 is 0 Å². The molecule has 0 saturated carbocycles. The van der Waals surface area contributed by atoms with Crippen LogP contribution in [0.1, 0.15) is 5.76 Å². The summed E-state index contributed by atoms with van der Waals surface area (Å²) in [7, 11) is 0. The predicted octanol–water partition coefficient (Wildman–Crippen LogP) is 2.64. The quantitative estimate of drug-likeness (QED) is 0.540. The van der Waals surface area contributed by atoms with E-state index in [0.29, 0.717) is 28.7 Å². The summed E-state index contributed by atoms with van der Waals surface area (Å²) >= 11 is 9.41. The maximum absolute atomic E-state index is 12.6. The first-order valence-corrected chi connectivity index (χ1v) is 9.39. The number of hydrogen-bond acceptors (Lipinski definition) is 5. The molecule has 0 fully saturated rings. The monoisotopic (exact) mass is 471 g/mol. The minimum Gasteiger partial charge on any atom is -0.451 e. The van der Waals surface area contributed by atoms with Gasteiger partial charge in [0.2, 0.25) is 0 Å². The van der Waals surface area contributed by atoms with Crippen LogP contribution in [0.2, 0.25) is 5.02 Å². The van der Waals surface area contributed by atoms with Crippen LogP contribution >= 0.6 is 45.5 Å². The van der Waals surface area contributed by atoms with E-state index in [1.54, 1.807) is 10.6 Å². The molecule has 0 spiro atoms. The third-order valence-corrected chi connectivity index (χ3v) is 5.51. The average Bonchev–Trinajstić information content (AvgIpc) is 3.12. The Morgan fingerprint density at radius 3 is 2.75 bits per heavy atom. The van der Waals surface area contributed by atoms with Crippen LogP contribution in [0.5, 0.6) is 0 Å². The van der Waals surface area contributed by atoms with Crippen LogP contribution in [-0.4, -0.2) is 11.2 Å². The predicted molar refractivity (Wildman–Crippen MR) is 103 cm³/mol. The fourth-order valence-electron chi connectivity index (χ4n) is 2.46. The van der Waals surface area contributed by atoms with Gasteiger partial charge in [-0.25, -0.2) is 4.99 Å². The largest absolute Gasteiger partial charge is 0.451 e. The summed E-state index contributed by atoms with van der Waals surface area (Å²) in [5.41, 5.74) is 0.932. The van der Waals surface area contributed by atoms with E-state index in [-0.39, 0.29) is 5.56 Å². The van der Waals surface area contributed by atoms with Gasteiger partial charge in [0.15, 0.2) is 8.57 Å². The molecule has 0 saturated heterocycles. The number of benzene rings is 1. The van der Waals surface area contributed by atoms with Gasteiger partial charge in [0.05, 0.1) is 4.53 Å². The lowest BCUT2D eigenvalue weighted by molar-refractivity contribution is 0.528. The smallest absolute Gasteiger partial charge is 0.271 e. The van der Waals surface area contributed by atoms with Crippen LogP contribution in [0.25, 0.3) is 6.08 Å². The van der Waals surface area contributed by atoms with Gasteiger partial charge in [-0.3, -0.25) is 9.36 Å². The molecular formula is C16H11ClIN3O2S. The molecule has 0 radical (unpaired) electrons. The number of hydrogen-bond donors (Lipinski definition) is 0. The summed E-state index contributed by atoms with van der Waals surface area (Å²) in [6.07, 6.45) is 1.77. The zero-order valence-corrected chi connectivity index (χ0v) is 16.0. The second-order valence-corrected chi connectivity index (χ2v) is 7.73. The number of anilines is 1. The Labute approximate surface area is 159 Å². The molecular weight excluding hydrogens is 461 g/mol. The van der Waals surface area contributed by atoms with Crippen molar-refractivity contribution >= 4 is 57.3 Å². The van der Waals surface area contributed by atoms with Gasteiger partial charge < -0.3 is 9.32 Å². The van der Waals surface area contributed by atoms with E-state index in [1.807, 2.05) is 41.3 Å². The second-order valence-electron chi connectivity index (χ2n) is 5.23. The number of halogens is 2. The summed E-state index contributed by atoms with van der Waals surface area (Å²) in [6, 6.07) is 11.2. The zero-order valence-electron chi connectivity index (χ0n) is 12.3. The molecule has 122 valence electrons. The summed E-state index contributed by atoms with van der Waals surface area (Å²) in [5.74, 6) is 0.672. The number of fused-ring (bicyclic) bond motifs is 1. The van der Waals surface area contributed by atoms with Gasteiger partial charge in [-0.15, -0.1) is 0 Å². The Hall–Kier alpha value is -1.58. The van der Waals surface area contributed by atoms with E-state index in [2.05, 4.69) is 27.6 Å². The molecule has 0 N–H and O–H groups in total. The molecule has 0 amide bonds. The Morgan fingerprint density at radius 2 is 2.04 bits per heavy atom. The fourth-order valence-corrected chi connectivity index (χ4v) is 3.96. The number of nitrogens with zero attached hydrogens (tertiary/aromatic N) is 3. The molecule has 0 unspecified atom stereocenters. The molecule has 0 bridgehead atoms. The van der Waals surface area contributed by atoms with Crippen molar-refractivity contribution in [3.05, 3.63) is 70.6 Å². The normalized spacial score (nSPS) is 14.6. The van der Waals surface area contributed by atoms with Crippen LogP contribution in [0, 0.1) is 3.77 Å². The maximum Gasteiger partial charge on any atom is 0.271 e. The van der Waals surface area contributed by atoms with Crippen LogP contribution in [0.4, 0.5) is 5.69 Å². The highest BCUT2D eigenvalue weighted by molar-refractivity contribution is 14.1. The van der Waals surface area contributed by atoms with Crippen molar-refractivity contribution in [1.82, 2.24) is 4.57 Å². The molecule has 24 heavy (non-hydrogen) atoms. The number of rotatable bonds is 2. The molecule has 1 aliphatic rings. The highest BCUT2D eigenvalue weighted by Gasteiger charge is 2.16. The molecule has 4 rings (SSSR count). The van der Waals surface area contributed by atoms with Crippen molar-refractivity contribution in [3.8, 4) is 0 Å².